The number of rotatable bonds is 5. The first-order valence-corrected chi connectivity index (χ1v) is 9.39. The zero-order chi connectivity index (χ0) is 20.4. The van der Waals surface area contributed by atoms with Crippen LogP contribution in [-0.4, -0.2) is 28.8 Å². The topological polar surface area (TPSA) is 73.2 Å². The Morgan fingerprint density at radius 3 is 2.62 bits per heavy atom. The molecule has 0 atom stereocenters. The van der Waals surface area contributed by atoms with E-state index in [-0.39, 0.29) is 11.7 Å². The third-order valence-corrected chi connectivity index (χ3v) is 5.05. The average Bonchev–Trinajstić information content (AvgIpc) is 3.35. The van der Waals surface area contributed by atoms with Crippen LogP contribution in [0.5, 0.6) is 0 Å². The number of benzene rings is 2. The quantitative estimate of drug-likeness (QED) is 0.676. The van der Waals surface area contributed by atoms with Crippen molar-refractivity contribution in [3.63, 3.8) is 0 Å². The van der Waals surface area contributed by atoms with Crippen molar-refractivity contribution < 1.29 is 18.7 Å². The SMILES string of the molecule is COC(=O)c1ccc(CNC(=O)c2nn(-c3ccccc3F)c3c2CCC3)cc1. The van der Waals surface area contributed by atoms with Crippen LogP contribution >= 0.6 is 0 Å². The normalized spacial score (nSPS) is 12.5. The number of esters is 1. The Bertz CT molecular complexity index is 1070. The molecule has 1 aromatic heterocycles. The summed E-state index contributed by atoms with van der Waals surface area (Å²) in [6, 6.07) is 13.2. The van der Waals surface area contributed by atoms with Crippen molar-refractivity contribution >= 4 is 11.9 Å². The molecule has 0 saturated heterocycles. The van der Waals surface area contributed by atoms with Crippen molar-refractivity contribution in [2.24, 2.45) is 0 Å². The van der Waals surface area contributed by atoms with E-state index in [4.69, 9.17) is 0 Å². The van der Waals surface area contributed by atoms with Gasteiger partial charge >= 0.3 is 5.97 Å². The Morgan fingerprint density at radius 2 is 1.90 bits per heavy atom. The van der Waals surface area contributed by atoms with Gasteiger partial charge in [0, 0.05) is 17.8 Å². The largest absolute Gasteiger partial charge is 0.465 e. The van der Waals surface area contributed by atoms with Gasteiger partial charge in [-0.3, -0.25) is 4.79 Å². The van der Waals surface area contributed by atoms with Gasteiger partial charge in [0.15, 0.2) is 5.69 Å². The van der Waals surface area contributed by atoms with E-state index in [2.05, 4.69) is 15.2 Å². The maximum absolute atomic E-state index is 14.2. The van der Waals surface area contributed by atoms with Crippen LogP contribution in [0.4, 0.5) is 4.39 Å². The lowest BCUT2D eigenvalue weighted by molar-refractivity contribution is 0.0600. The van der Waals surface area contributed by atoms with Gasteiger partial charge in [0.05, 0.1) is 12.7 Å². The summed E-state index contributed by atoms with van der Waals surface area (Å²) in [6.45, 7) is 0.293. The molecule has 1 aliphatic rings. The summed E-state index contributed by atoms with van der Waals surface area (Å²) in [5, 5.41) is 7.29. The van der Waals surface area contributed by atoms with Gasteiger partial charge in [0.1, 0.15) is 11.5 Å². The van der Waals surface area contributed by atoms with Crippen LogP contribution in [0.3, 0.4) is 0 Å². The van der Waals surface area contributed by atoms with Crippen LogP contribution < -0.4 is 5.32 Å². The highest BCUT2D eigenvalue weighted by Gasteiger charge is 2.27. The maximum atomic E-state index is 14.2. The summed E-state index contributed by atoms with van der Waals surface area (Å²) in [6.07, 6.45) is 2.43. The van der Waals surface area contributed by atoms with Crippen LogP contribution in [0.25, 0.3) is 5.69 Å². The first-order valence-electron chi connectivity index (χ1n) is 9.39. The highest BCUT2D eigenvalue weighted by atomic mass is 19.1. The summed E-state index contributed by atoms with van der Waals surface area (Å²) in [7, 11) is 1.33. The van der Waals surface area contributed by atoms with Crippen LogP contribution in [0, 0.1) is 5.82 Å². The van der Waals surface area contributed by atoms with Crippen molar-refractivity contribution in [2.45, 2.75) is 25.8 Å². The monoisotopic (exact) mass is 393 g/mol. The second-order valence-electron chi connectivity index (χ2n) is 6.86. The number of ether oxygens (including phenoxy) is 1. The van der Waals surface area contributed by atoms with Gasteiger partial charge in [-0.25, -0.2) is 13.9 Å². The first-order chi connectivity index (χ1) is 14.1. The second kappa shape index (κ2) is 7.87. The number of hydrogen-bond acceptors (Lipinski definition) is 4. The molecular formula is C22H20FN3O3. The van der Waals surface area contributed by atoms with Crippen LogP contribution in [0.15, 0.2) is 48.5 Å². The van der Waals surface area contributed by atoms with E-state index in [1.165, 1.54) is 13.2 Å². The molecule has 0 unspecified atom stereocenters. The minimum absolute atomic E-state index is 0.293. The predicted molar refractivity (Wildman–Crippen MR) is 104 cm³/mol. The molecule has 2 aromatic carbocycles. The molecule has 0 radical (unpaired) electrons. The Morgan fingerprint density at radius 1 is 1.14 bits per heavy atom. The molecule has 1 N–H and O–H groups in total. The smallest absolute Gasteiger partial charge is 0.337 e. The number of fused-ring (bicyclic) bond motifs is 1. The molecule has 0 fully saturated rings. The van der Waals surface area contributed by atoms with Crippen molar-refractivity contribution in [1.82, 2.24) is 15.1 Å². The molecule has 0 bridgehead atoms. The van der Waals surface area contributed by atoms with Crippen molar-refractivity contribution in [3.8, 4) is 5.69 Å². The van der Waals surface area contributed by atoms with Gasteiger partial charge in [0.25, 0.3) is 5.91 Å². The minimum atomic E-state index is -0.408. The van der Waals surface area contributed by atoms with Crippen LogP contribution in [-0.2, 0) is 24.1 Å². The van der Waals surface area contributed by atoms with Crippen molar-refractivity contribution in [3.05, 3.63) is 82.4 Å². The number of para-hydroxylation sites is 1. The number of methoxy groups -OCH3 is 1. The molecule has 148 valence electrons. The molecule has 4 rings (SSSR count). The summed E-state index contributed by atoms with van der Waals surface area (Å²) in [5.41, 5.74) is 3.75. The van der Waals surface area contributed by atoms with Crippen molar-refractivity contribution in [2.75, 3.05) is 7.11 Å². The van der Waals surface area contributed by atoms with E-state index in [0.29, 0.717) is 23.5 Å². The lowest BCUT2D eigenvalue weighted by Gasteiger charge is -2.07. The Balaban J connectivity index is 1.53. The average molecular weight is 393 g/mol. The molecule has 3 aromatic rings. The lowest BCUT2D eigenvalue weighted by atomic mass is 10.1. The maximum Gasteiger partial charge on any atom is 0.337 e. The molecule has 7 heteroatoms. The summed E-state index contributed by atoms with van der Waals surface area (Å²) in [4.78, 5) is 24.3. The van der Waals surface area contributed by atoms with Gasteiger partial charge in [-0.1, -0.05) is 24.3 Å². The number of aromatic nitrogens is 2. The summed E-state index contributed by atoms with van der Waals surface area (Å²) >= 11 is 0. The molecular weight excluding hydrogens is 373 g/mol. The predicted octanol–water partition coefficient (Wildman–Crippen LogP) is 3.22. The number of nitrogens with zero attached hydrogens (tertiary/aromatic N) is 2. The standard InChI is InChI=1S/C22H20FN3O3/c1-29-22(28)15-11-9-14(10-12-15)13-24-21(27)20-16-5-4-8-18(16)26(25-20)19-7-3-2-6-17(19)23/h2-3,6-7,9-12H,4-5,8,13H2,1H3,(H,24,27). The number of carbonyl (C=O) groups is 2. The van der Waals surface area contributed by atoms with Crippen LogP contribution in [0.2, 0.25) is 0 Å². The molecule has 1 heterocycles. The van der Waals surface area contributed by atoms with E-state index in [1.54, 1.807) is 47.1 Å². The number of halogens is 1. The third kappa shape index (κ3) is 3.63. The Labute approximate surface area is 167 Å². The molecule has 0 aliphatic heterocycles. The van der Waals surface area contributed by atoms with E-state index < -0.39 is 5.97 Å². The van der Waals surface area contributed by atoms with E-state index in [0.717, 1.165) is 36.1 Å². The van der Waals surface area contributed by atoms with E-state index in [1.807, 2.05) is 0 Å². The fourth-order valence-electron chi connectivity index (χ4n) is 3.59. The summed E-state index contributed by atoms with van der Waals surface area (Å²) < 4.78 is 20.5. The zero-order valence-corrected chi connectivity index (χ0v) is 15.9. The number of hydrogen-bond donors (Lipinski definition) is 1. The van der Waals surface area contributed by atoms with Gasteiger partial charge in [-0.15, -0.1) is 0 Å². The zero-order valence-electron chi connectivity index (χ0n) is 15.9. The highest BCUT2D eigenvalue weighted by molar-refractivity contribution is 5.94. The number of carbonyl (C=O) groups excluding carboxylic acids is 2. The molecule has 6 nitrogen and oxygen atoms in total. The minimum Gasteiger partial charge on any atom is -0.465 e. The lowest BCUT2D eigenvalue weighted by Crippen LogP contribution is -2.24. The molecule has 0 saturated carbocycles. The van der Waals surface area contributed by atoms with Crippen molar-refractivity contribution in [1.29, 1.82) is 0 Å². The van der Waals surface area contributed by atoms with E-state index in [9.17, 15) is 14.0 Å². The number of amides is 1. The fourth-order valence-corrected chi connectivity index (χ4v) is 3.59. The van der Waals surface area contributed by atoms with Gasteiger partial charge in [0.2, 0.25) is 0 Å². The molecule has 29 heavy (non-hydrogen) atoms. The molecule has 1 aliphatic carbocycles. The number of nitrogens with one attached hydrogen (secondary N) is 1. The summed E-state index contributed by atoms with van der Waals surface area (Å²) in [5.74, 6) is -1.08. The first kappa shape index (κ1) is 18.9. The van der Waals surface area contributed by atoms with Gasteiger partial charge in [-0.2, -0.15) is 5.10 Å². The van der Waals surface area contributed by atoms with Gasteiger partial charge in [-0.05, 0) is 49.1 Å². The third-order valence-electron chi connectivity index (χ3n) is 5.05. The van der Waals surface area contributed by atoms with Crippen LogP contribution in [0.1, 0.15) is 44.1 Å². The Kier molecular flexibility index (Phi) is 5.12. The van der Waals surface area contributed by atoms with E-state index >= 15 is 0 Å². The molecule has 0 spiro atoms. The fraction of sp³-hybridized carbons (Fsp3) is 0.227. The second-order valence-corrected chi connectivity index (χ2v) is 6.86. The van der Waals surface area contributed by atoms with Gasteiger partial charge < -0.3 is 10.1 Å². The highest BCUT2D eigenvalue weighted by Crippen LogP contribution is 2.28. The molecule has 1 amide bonds. The Hall–Kier alpha value is -3.48.